The molecule has 14 heavy (non-hydrogen) atoms. The maximum absolute atomic E-state index is 5.76. The van der Waals surface area contributed by atoms with E-state index in [9.17, 15) is 0 Å². The van der Waals surface area contributed by atoms with Crippen LogP contribution in [-0.2, 0) is 6.42 Å². The predicted molar refractivity (Wildman–Crippen MR) is 51.1 cm³/mol. The predicted octanol–water partition coefficient (Wildman–Crippen LogP) is 0.277. The Morgan fingerprint density at radius 1 is 1.50 bits per heavy atom. The fraction of sp³-hybridized carbons (Fsp3) is 0.375. The van der Waals surface area contributed by atoms with Crippen LogP contribution in [0, 0.1) is 0 Å². The molecule has 0 atom stereocenters. The first kappa shape index (κ1) is 8.74. The summed E-state index contributed by atoms with van der Waals surface area (Å²) in [5, 5.41) is 12.1. The monoisotopic (exact) mass is 193 g/mol. The van der Waals surface area contributed by atoms with Crippen molar-refractivity contribution in [2.24, 2.45) is 0 Å². The summed E-state index contributed by atoms with van der Waals surface area (Å²) in [7, 11) is 1.55. The molecule has 74 valence electrons. The number of fused-ring (bicyclic) bond motifs is 1. The van der Waals surface area contributed by atoms with Crippen LogP contribution in [0.15, 0.2) is 6.07 Å². The fourth-order valence-corrected chi connectivity index (χ4v) is 1.24. The van der Waals surface area contributed by atoms with E-state index in [4.69, 9.17) is 10.5 Å². The second kappa shape index (κ2) is 3.13. The first-order chi connectivity index (χ1) is 6.76. The summed E-state index contributed by atoms with van der Waals surface area (Å²) in [6, 6.07) is 1.63. The Labute approximate surface area is 80.7 Å². The third-order valence-corrected chi connectivity index (χ3v) is 1.97. The van der Waals surface area contributed by atoms with Crippen LogP contribution in [0.4, 0.5) is 5.69 Å². The van der Waals surface area contributed by atoms with Crippen LogP contribution in [0.3, 0.4) is 0 Å². The van der Waals surface area contributed by atoms with Crippen LogP contribution < -0.4 is 10.5 Å². The highest BCUT2D eigenvalue weighted by Crippen LogP contribution is 2.16. The summed E-state index contributed by atoms with van der Waals surface area (Å²) in [5.41, 5.74) is 6.85. The molecule has 2 rings (SSSR count). The van der Waals surface area contributed by atoms with Crippen molar-refractivity contribution in [3.8, 4) is 5.88 Å². The van der Waals surface area contributed by atoms with Gasteiger partial charge in [-0.25, -0.2) is 0 Å². The molecule has 0 fully saturated rings. The van der Waals surface area contributed by atoms with Gasteiger partial charge in [-0.05, 0) is 0 Å². The van der Waals surface area contributed by atoms with Gasteiger partial charge in [0, 0.05) is 12.5 Å². The number of methoxy groups -OCH3 is 1. The van der Waals surface area contributed by atoms with Gasteiger partial charge >= 0.3 is 0 Å². The zero-order valence-electron chi connectivity index (χ0n) is 8.06. The molecule has 0 radical (unpaired) electrons. The molecule has 0 spiro atoms. The molecule has 6 nitrogen and oxygen atoms in total. The minimum absolute atomic E-state index is 0.463. The normalized spacial score (nSPS) is 10.7. The molecule has 2 heterocycles. The Hall–Kier alpha value is -1.85. The van der Waals surface area contributed by atoms with Gasteiger partial charge in [0.2, 0.25) is 11.5 Å². The average Bonchev–Trinajstić information content (AvgIpc) is 2.61. The number of anilines is 1. The standard InChI is InChI=1S/C8H11N5O/c1-3-6-10-11-8-5(9)4-7(14-2)12-13(6)8/h4H,3,9H2,1-2H3. The van der Waals surface area contributed by atoms with E-state index in [1.54, 1.807) is 17.7 Å². The third-order valence-electron chi connectivity index (χ3n) is 1.97. The second-order valence-electron chi connectivity index (χ2n) is 2.85. The highest BCUT2D eigenvalue weighted by Gasteiger charge is 2.09. The lowest BCUT2D eigenvalue weighted by Crippen LogP contribution is -2.02. The minimum atomic E-state index is 0.463. The molecule has 0 aliphatic rings. The molecule has 2 N–H and O–H groups in total. The van der Waals surface area contributed by atoms with Crippen molar-refractivity contribution in [3.63, 3.8) is 0 Å². The van der Waals surface area contributed by atoms with Crippen molar-refractivity contribution in [1.82, 2.24) is 19.8 Å². The second-order valence-corrected chi connectivity index (χ2v) is 2.85. The maximum Gasteiger partial charge on any atom is 0.233 e. The molecular formula is C8H11N5O. The van der Waals surface area contributed by atoms with Gasteiger partial charge in [-0.3, -0.25) is 0 Å². The fourth-order valence-electron chi connectivity index (χ4n) is 1.24. The van der Waals surface area contributed by atoms with Gasteiger partial charge in [-0.2, -0.15) is 4.52 Å². The van der Waals surface area contributed by atoms with E-state index in [1.165, 1.54) is 0 Å². The van der Waals surface area contributed by atoms with Gasteiger partial charge in [0.05, 0.1) is 12.8 Å². The smallest absolute Gasteiger partial charge is 0.233 e. The van der Waals surface area contributed by atoms with Gasteiger partial charge in [0.25, 0.3) is 0 Å². The van der Waals surface area contributed by atoms with Crippen LogP contribution in [0.5, 0.6) is 5.88 Å². The van der Waals surface area contributed by atoms with Gasteiger partial charge in [0.15, 0.2) is 5.82 Å². The Kier molecular flexibility index (Phi) is 1.95. The van der Waals surface area contributed by atoms with Gasteiger partial charge < -0.3 is 10.5 Å². The van der Waals surface area contributed by atoms with Crippen LogP contribution in [0.25, 0.3) is 5.65 Å². The molecule has 2 aromatic rings. The first-order valence-corrected chi connectivity index (χ1v) is 4.31. The lowest BCUT2D eigenvalue weighted by Gasteiger charge is -2.02. The van der Waals surface area contributed by atoms with E-state index in [0.717, 1.165) is 12.2 Å². The number of nitrogens with zero attached hydrogens (tertiary/aromatic N) is 4. The zero-order valence-corrected chi connectivity index (χ0v) is 8.06. The van der Waals surface area contributed by atoms with Crippen LogP contribution in [-0.4, -0.2) is 26.9 Å². The number of aryl methyl sites for hydroxylation is 1. The first-order valence-electron chi connectivity index (χ1n) is 4.31. The molecule has 0 aliphatic heterocycles. The molecule has 6 heteroatoms. The molecule has 0 amide bonds. The topological polar surface area (TPSA) is 78.3 Å². The summed E-state index contributed by atoms with van der Waals surface area (Å²) < 4.78 is 6.61. The third kappa shape index (κ3) is 1.15. The molecule has 2 aromatic heterocycles. The summed E-state index contributed by atoms with van der Waals surface area (Å²) in [5.74, 6) is 1.23. The van der Waals surface area contributed by atoms with Gasteiger partial charge in [-0.15, -0.1) is 15.3 Å². The molecule has 0 saturated carbocycles. The number of hydrogen-bond donors (Lipinski definition) is 1. The van der Waals surface area contributed by atoms with E-state index in [2.05, 4.69) is 15.3 Å². The SMILES string of the molecule is CCc1nnc2c(N)cc(OC)nn12. The number of hydrogen-bond acceptors (Lipinski definition) is 5. The maximum atomic E-state index is 5.76. The van der Waals surface area contributed by atoms with Crippen molar-refractivity contribution < 1.29 is 4.74 Å². The van der Waals surface area contributed by atoms with Crippen LogP contribution in [0.2, 0.25) is 0 Å². The minimum Gasteiger partial charge on any atom is -0.480 e. The van der Waals surface area contributed by atoms with E-state index in [-0.39, 0.29) is 0 Å². The lowest BCUT2D eigenvalue weighted by molar-refractivity contribution is 0.389. The van der Waals surface area contributed by atoms with Crippen LogP contribution in [0.1, 0.15) is 12.7 Å². The van der Waals surface area contributed by atoms with E-state index >= 15 is 0 Å². The number of ether oxygens (including phenoxy) is 1. The number of aromatic nitrogens is 4. The Balaban J connectivity index is 2.73. The molecule has 0 saturated heterocycles. The van der Waals surface area contributed by atoms with Crippen molar-refractivity contribution in [2.45, 2.75) is 13.3 Å². The van der Waals surface area contributed by atoms with Gasteiger partial charge in [-0.1, -0.05) is 6.92 Å². The van der Waals surface area contributed by atoms with Crippen molar-refractivity contribution in [2.75, 3.05) is 12.8 Å². The molecule has 0 aliphatic carbocycles. The van der Waals surface area contributed by atoms with Crippen molar-refractivity contribution in [1.29, 1.82) is 0 Å². The largest absolute Gasteiger partial charge is 0.480 e. The zero-order chi connectivity index (χ0) is 10.1. The number of nitrogen functional groups attached to an aromatic ring is 1. The molecule has 0 unspecified atom stereocenters. The molecular weight excluding hydrogens is 182 g/mol. The summed E-state index contributed by atoms with van der Waals surface area (Å²) in [6.45, 7) is 1.98. The molecule has 0 bridgehead atoms. The van der Waals surface area contributed by atoms with E-state index in [1.807, 2.05) is 6.92 Å². The Bertz CT molecular complexity index is 464. The van der Waals surface area contributed by atoms with Crippen LogP contribution >= 0.6 is 0 Å². The van der Waals surface area contributed by atoms with Crippen molar-refractivity contribution in [3.05, 3.63) is 11.9 Å². The molecule has 0 aromatic carbocycles. The quantitative estimate of drug-likeness (QED) is 0.741. The van der Waals surface area contributed by atoms with Gasteiger partial charge in [0.1, 0.15) is 0 Å². The Morgan fingerprint density at radius 2 is 2.29 bits per heavy atom. The highest BCUT2D eigenvalue weighted by molar-refractivity contribution is 5.64. The van der Waals surface area contributed by atoms with Crippen molar-refractivity contribution >= 4 is 11.3 Å². The number of nitrogens with two attached hydrogens (primary N) is 1. The van der Waals surface area contributed by atoms with E-state index < -0.39 is 0 Å². The summed E-state index contributed by atoms with van der Waals surface area (Å²) in [4.78, 5) is 0. The highest BCUT2D eigenvalue weighted by atomic mass is 16.5. The van der Waals surface area contributed by atoms with E-state index in [0.29, 0.717) is 17.2 Å². The number of rotatable bonds is 2. The summed E-state index contributed by atoms with van der Waals surface area (Å²) >= 11 is 0. The average molecular weight is 193 g/mol. The lowest BCUT2D eigenvalue weighted by atomic mass is 10.4. The Morgan fingerprint density at radius 3 is 2.93 bits per heavy atom. The summed E-state index contributed by atoms with van der Waals surface area (Å²) in [6.07, 6.45) is 0.751.